The van der Waals surface area contributed by atoms with E-state index in [0.717, 1.165) is 17.0 Å². The molecule has 0 heterocycles. The van der Waals surface area contributed by atoms with Crippen molar-refractivity contribution in [2.75, 3.05) is 14.2 Å². The highest BCUT2D eigenvalue weighted by Gasteiger charge is 2.21. The van der Waals surface area contributed by atoms with Gasteiger partial charge in [-0.15, -0.1) is 0 Å². The number of ether oxygens (including phenoxy) is 1. The first-order valence-electron chi connectivity index (χ1n) is 6.60. The second kappa shape index (κ2) is 6.43. The quantitative estimate of drug-likeness (QED) is 0.601. The first-order chi connectivity index (χ1) is 8.85. The number of nitrogens with zero attached hydrogens (tertiary/aromatic N) is 1. The van der Waals surface area contributed by atoms with Crippen LogP contribution in [0, 0.1) is 5.92 Å². The van der Waals surface area contributed by atoms with Crippen molar-refractivity contribution in [3.05, 3.63) is 29.8 Å². The van der Waals surface area contributed by atoms with E-state index in [1.165, 1.54) is 32.1 Å². The van der Waals surface area contributed by atoms with E-state index in [1.807, 2.05) is 12.1 Å². The van der Waals surface area contributed by atoms with E-state index >= 15 is 0 Å². The maximum Gasteiger partial charge on any atom is 0.118 e. The second-order valence-electron chi connectivity index (χ2n) is 4.72. The Hall–Kier alpha value is -1.51. The van der Waals surface area contributed by atoms with Crippen molar-refractivity contribution < 1.29 is 9.57 Å². The Balaban J connectivity index is 2.20. The Kier molecular flexibility index (Phi) is 4.62. The smallest absolute Gasteiger partial charge is 0.118 e. The predicted octanol–water partition coefficient (Wildman–Crippen LogP) is 3.63. The molecule has 0 unspecified atom stereocenters. The fourth-order valence-electron chi connectivity index (χ4n) is 2.60. The van der Waals surface area contributed by atoms with E-state index in [1.54, 1.807) is 14.2 Å². The van der Waals surface area contributed by atoms with Crippen molar-refractivity contribution in [1.29, 1.82) is 0 Å². The number of benzene rings is 1. The zero-order chi connectivity index (χ0) is 12.8. The maximum absolute atomic E-state index is 5.18. The van der Waals surface area contributed by atoms with Crippen molar-refractivity contribution in [3.8, 4) is 5.75 Å². The number of methoxy groups -OCH3 is 1. The first-order valence-corrected chi connectivity index (χ1v) is 6.60. The van der Waals surface area contributed by atoms with E-state index in [2.05, 4.69) is 17.3 Å². The van der Waals surface area contributed by atoms with Crippen LogP contribution >= 0.6 is 0 Å². The van der Waals surface area contributed by atoms with Crippen LogP contribution in [0.5, 0.6) is 5.75 Å². The summed E-state index contributed by atoms with van der Waals surface area (Å²) < 4.78 is 5.18. The fourth-order valence-corrected chi connectivity index (χ4v) is 2.60. The van der Waals surface area contributed by atoms with E-state index in [-0.39, 0.29) is 0 Å². The summed E-state index contributed by atoms with van der Waals surface area (Å²) in [7, 11) is 3.30. The topological polar surface area (TPSA) is 30.8 Å². The third-order valence-electron chi connectivity index (χ3n) is 3.57. The van der Waals surface area contributed by atoms with Crippen LogP contribution < -0.4 is 4.74 Å². The number of rotatable bonds is 4. The average molecular weight is 247 g/mol. The van der Waals surface area contributed by atoms with Crippen molar-refractivity contribution in [2.45, 2.75) is 32.1 Å². The summed E-state index contributed by atoms with van der Waals surface area (Å²) in [6.07, 6.45) is 6.37. The minimum Gasteiger partial charge on any atom is -0.497 e. The van der Waals surface area contributed by atoms with Crippen molar-refractivity contribution in [2.24, 2.45) is 11.1 Å². The van der Waals surface area contributed by atoms with Crippen LogP contribution in [-0.2, 0) is 4.84 Å². The van der Waals surface area contributed by atoms with Gasteiger partial charge in [0.15, 0.2) is 0 Å². The highest BCUT2D eigenvalue weighted by atomic mass is 16.6. The standard InChI is InChI=1S/C15H21NO2/c1-17-14-10-8-13(9-11-14)15(16-18-2)12-6-4-3-5-7-12/h8-12H,3-7H2,1-2H3/b16-15+. The lowest BCUT2D eigenvalue weighted by Gasteiger charge is -2.23. The maximum atomic E-state index is 5.18. The van der Waals surface area contributed by atoms with E-state index in [9.17, 15) is 0 Å². The molecule has 1 aromatic rings. The summed E-state index contributed by atoms with van der Waals surface area (Å²) in [5.74, 6) is 1.41. The molecule has 18 heavy (non-hydrogen) atoms. The molecule has 3 heteroatoms. The molecule has 0 atom stereocenters. The summed E-state index contributed by atoms with van der Waals surface area (Å²) in [6, 6.07) is 8.07. The van der Waals surface area contributed by atoms with E-state index < -0.39 is 0 Å². The third kappa shape index (κ3) is 3.03. The molecule has 1 fully saturated rings. The molecule has 1 aliphatic rings. The second-order valence-corrected chi connectivity index (χ2v) is 4.72. The average Bonchev–Trinajstić information content (AvgIpc) is 2.46. The van der Waals surface area contributed by atoms with Crippen LogP contribution in [0.25, 0.3) is 0 Å². The predicted molar refractivity (Wildman–Crippen MR) is 73.1 cm³/mol. The number of oxime groups is 1. The van der Waals surface area contributed by atoms with Gasteiger partial charge in [-0.05, 0) is 42.7 Å². The molecule has 1 aliphatic carbocycles. The van der Waals surface area contributed by atoms with Crippen molar-refractivity contribution in [3.63, 3.8) is 0 Å². The van der Waals surface area contributed by atoms with Gasteiger partial charge in [0, 0.05) is 5.92 Å². The Bertz CT molecular complexity index is 391. The lowest BCUT2D eigenvalue weighted by atomic mass is 9.83. The molecule has 98 valence electrons. The molecule has 1 aromatic carbocycles. The van der Waals surface area contributed by atoms with Gasteiger partial charge in [-0.2, -0.15) is 0 Å². The monoisotopic (exact) mass is 247 g/mol. The van der Waals surface area contributed by atoms with Crippen molar-refractivity contribution >= 4 is 5.71 Å². The lowest BCUT2D eigenvalue weighted by molar-refractivity contribution is 0.210. The van der Waals surface area contributed by atoms with Gasteiger partial charge in [0.05, 0.1) is 12.8 Å². The highest BCUT2D eigenvalue weighted by Crippen LogP contribution is 2.28. The Morgan fingerprint density at radius 3 is 2.28 bits per heavy atom. The minimum absolute atomic E-state index is 0.534. The minimum atomic E-state index is 0.534. The summed E-state index contributed by atoms with van der Waals surface area (Å²) in [5.41, 5.74) is 2.23. The van der Waals surface area contributed by atoms with Crippen LogP contribution in [0.3, 0.4) is 0 Å². The molecule has 0 spiro atoms. The Labute approximate surface area is 109 Å². The number of hydrogen-bond donors (Lipinski definition) is 0. The zero-order valence-corrected chi connectivity index (χ0v) is 11.2. The van der Waals surface area contributed by atoms with Gasteiger partial charge in [-0.1, -0.05) is 24.4 Å². The first kappa shape index (κ1) is 12.9. The lowest BCUT2D eigenvalue weighted by Crippen LogP contribution is -2.19. The highest BCUT2D eigenvalue weighted by molar-refractivity contribution is 6.02. The molecule has 2 rings (SSSR count). The third-order valence-corrected chi connectivity index (χ3v) is 3.57. The summed E-state index contributed by atoms with van der Waals surface area (Å²) >= 11 is 0. The molecular weight excluding hydrogens is 226 g/mol. The molecule has 0 amide bonds. The summed E-state index contributed by atoms with van der Waals surface area (Å²) in [6.45, 7) is 0. The van der Waals surface area contributed by atoms with Gasteiger partial charge < -0.3 is 9.57 Å². The Morgan fingerprint density at radius 2 is 1.72 bits per heavy atom. The molecule has 0 aliphatic heterocycles. The van der Waals surface area contributed by atoms with E-state index in [4.69, 9.17) is 9.57 Å². The molecule has 0 aromatic heterocycles. The van der Waals surface area contributed by atoms with Gasteiger partial charge in [-0.25, -0.2) is 0 Å². The van der Waals surface area contributed by atoms with Crippen molar-refractivity contribution in [1.82, 2.24) is 0 Å². The zero-order valence-electron chi connectivity index (χ0n) is 11.2. The number of hydrogen-bond acceptors (Lipinski definition) is 3. The van der Waals surface area contributed by atoms with Crippen LogP contribution in [0.1, 0.15) is 37.7 Å². The van der Waals surface area contributed by atoms with Crippen LogP contribution in [0.15, 0.2) is 29.4 Å². The molecule has 0 N–H and O–H groups in total. The van der Waals surface area contributed by atoms with Gasteiger partial charge >= 0.3 is 0 Å². The molecule has 3 nitrogen and oxygen atoms in total. The molecule has 1 saturated carbocycles. The van der Waals surface area contributed by atoms with Gasteiger partial charge in [0.2, 0.25) is 0 Å². The fraction of sp³-hybridized carbons (Fsp3) is 0.533. The van der Waals surface area contributed by atoms with E-state index in [0.29, 0.717) is 5.92 Å². The summed E-state index contributed by atoms with van der Waals surface area (Å²) in [4.78, 5) is 5.02. The SMILES string of the molecule is CO/N=C(/c1ccc(OC)cc1)C1CCCCC1. The normalized spacial score (nSPS) is 17.6. The van der Waals surface area contributed by atoms with Gasteiger partial charge in [-0.3, -0.25) is 0 Å². The Morgan fingerprint density at radius 1 is 1.06 bits per heavy atom. The molecule has 0 saturated heterocycles. The molecule has 0 bridgehead atoms. The molecular formula is C15H21NO2. The van der Waals surface area contributed by atoms with Gasteiger partial charge in [0.25, 0.3) is 0 Å². The van der Waals surface area contributed by atoms with Crippen LogP contribution in [0.4, 0.5) is 0 Å². The summed E-state index contributed by atoms with van der Waals surface area (Å²) in [5, 5.41) is 4.25. The molecule has 0 radical (unpaired) electrons. The van der Waals surface area contributed by atoms with Gasteiger partial charge in [0.1, 0.15) is 12.9 Å². The van der Waals surface area contributed by atoms with Crippen LogP contribution in [-0.4, -0.2) is 19.9 Å². The van der Waals surface area contributed by atoms with Crippen LogP contribution in [0.2, 0.25) is 0 Å². The largest absolute Gasteiger partial charge is 0.497 e.